The number of hydrogen-bond acceptors (Lipinski definition) is 4. The van der Waals surface area contributed by atoms with E-state index in [9.17, 15) is 4.79 Å². The molecule has 1 heterocycles. The van der Waals surface area contributed by atoms with Gasteiger partial charge in [-0.1, -0.05) is 77.5 Å². The molecule has 29 heavy (non-hydrogen) atoms. The molecule has 4 nitrogen and oxygen atoms in total. The number of aromatic nitrogens is 1. The summed E-state index contributed by atoms with van der Waals surface area (Å²) in [5.41, 5.74) is 1.75. The number of ether oxygens (including phenoxy) is 2. The summed E-state index contributed by atoms with van der Waals surface area (Å²) in [6.45, 7) is 7.15. The Hall–Kier alpha value is -2.36. The molecule has 2 rings (SSSR count). The topological polar surface area (TPSA) is 48.4 Å². The fourth-order valence-corrected chi connectivity index (χ4v) is 3.07. The lowest BCUT2D eigenvalue weighted by molar-refractivity contribution is -0.134. The molecule has 0 aliphatic heterocycles. The van der Waals surface area contributed by atoms with E-state index in [1.165, 1.54) is 25.7 Å². The number of para-hydroxylation sites is 1. The number of esters is 1. The van der Waals surface area contributed by atoms with Gasteiger partial charge < -0.3 is 9.47 Å². The van der Waals surface area contributed by atoms with Crippen molar-refractivity contribution in [3.8, 4) is 22.6 Å². The van der Waals surface area contributed by atoms with Crippen molar-refractivity contribution in [2.24, 2.45) is 5.92 Å². The van der Waals surface area contributed by atoms with E-state index in [-0.39, 0.29) is 5.97 Å². The lowest BCUT2D eigenvalue weighted by Gasteiger charge is -2.16. The number of carbonyl (C=O) groups excluding carboxylic acids is 1. The van der Waals surface area contributed by atoms with Gasteiger partial charge in [-0.15, -0.1) is 0 Å². The summed E-state index contributed by atoms with van der Waals surface area (Å²) in [5, 5.41) is 0. The summed E-state index contributed by atoms with van der Waals surface area (Å²) in [5.74, 6) is 1.58. The number of nitrogens with zero attached hydrogens (tertiary/aromatic N) is 1. The second-order valence-electron chi connectivity index (χ2n) is 7.68. The number of unbranched alkanes of at least 4 members (excludes halogenated alkanes) is 5. The third-order valence-electron chi connectivity index (χ3n) is 5.14. The van der Waals surface area contributed by atoms with Crippen molar-refractivity contribution < 1.29 is 14.3 Å². The van der Waals surface area contributed by atoms with Crippen LogP contribution in [0, 0.1) is 5.92 Å². The molecule has 0 N–H and O–H groups in total. The van der Waals surface area contributed by atoms with Gasteiger partial charge in [-0.2, -0.15) is 0 Å². The first-order chi connectivity index (χ1) is 14.2. The van der Waals surface area contributed by atoms with Crippen molar-refractivity contribution in [2.75, 3.05) is 6.61 Å². The van der Waals surface area contributed by atoms with Crippen LogP contribution in [-0.4, -0.2) is 17.6 Å². The summed E-state index contributed by atoms with van der Waals surface area (Å²) in [6, 6.07) is 9.54. The van der Waals surface area contributed by atoms with Gasteiger partial charge in [0.2, 0.25) is 0 Å². The second-order valence-corrected chi connectivity index (χ2v) is 7.68. The van der Waals surface area contributed by atoms with Gasteiger partial charge >= 0.3 is 5.97 Å². The van der Waals surface area contributed by atoms with Gasteiger partial charge in [0.05, 0.1) is 12.8 Å². The quantitative estimate of drug-likeness (QED) is 0.211. The maximum Gasteiger partial charge on any atom is 0.311 e. The summed E-state index contributed by atoms with van der Waals surface area (Å²) in [4.78, 5) is 16.6. The number of pyridine rings is 1. The molecule has 0 spiro atoms. The molecule has 1 aromatic carbocycles. The molecular formula is C25H35NO3. The number of rotatable bonds is 13. The van der Waals surface area contributed by atoms with E-state index in [2.05, 4.69) is 25.8 Å². The van der Waals surface area contributed by atoms with Crippen LogP contribution in [0.3, 0.4) is 0 Å². The van der Waals surface area contributed by atoms with E-state index < -0.39 is 0 Å². The molecule has 0 fully saturated rings. The molecule has 0 saturated heterocycles. The highest BCUT2D eigenvalue weighted by Crippen LogP contribution is 2.36. The third-order valence-corrected chi connectivity index (χ3v) is 5.14. The average Bonchev–Trinajstić information content (AvgIpc) is 2.75. The van der Waals surface area contributed by atoms with Crippen LogP contribution < -0.4 is 9.47 Å². The van der Waals surface area contributed by atoms with Crippen LogP contribution in [0.4, 0.5) is 0 Å². The van der Waals surface area contributed by atoms with Crippen molar-refractivity contribution in [3.05, 3.63) is 42.7 Å². The fourth-order valence-electron chi connectivity index (χ4n) is 3.07. The van der Waals surface area contributed by atoms with Gasteiger partial charge in [0.15, 0.2) is 0 Å². The molecule has 158 valence electrons. The van der Waals surface area contributed by atoms with E-state index in [1.54, 1.807) is 12.4 Å². The lowest BCUT2D eigenvalue weighted by atomic mass is 10.0. The van der Waals surface area contributed by atoms with Crippen LogP contribution >= 0.6 is 0 Å². The molecule has 0 amide bonds. The third kappa shape index (κ3) is 7.88. The summed E-state index contributed by atoms with van der Waals surface area (Å²) in [6.07, 6.45) is 11.9. The zero-order chi connectivity index (χ0) is 20.9. The number of carbonyl (C=O) groups is 1. The van der Waals surface area contributed by atoms with Crippen LogP contribution in [0.25, 0.3) is 11.1 Å². The predicted octanol–water partition coefficient (Wildman–Crippen LogP) is 6.83. The highest BCUT2D eigenvalue weighted by atomic mass is 16.5. The Kier molecular flexibility index (Phi) is 10.3. The maximum absolute atomic E-state index is 12.4. The zero-order valence-electron chi connectivity index (χ0n) is 18.2. The zero-order valence-corrected chi connectivity index (χ0v) is 18.2. The highest BCUT2D eigenvalue weighted by molar-refractivity contribution is 5.80. The molecule has 1 aromatic heterocycles. The Bertz CT molecular complexity index is 744. The minimum atomic E-state index is -0.177. The minimum Gasteiger partial charge on any atom is -0.491 e. The van der Waals surface area contributed by atoms with E-state index in [0.717, 1.165) is 30.4 Å². The molecule has 0 saturated carbocycles. The molecular weight excluding hydrogens is 362 g/mol. The standard InChI is InChI=1S/C25H35NO3/c1-4-6-7-8-9-10-15-25(27)29-23-14-12-11-13-21(23)22-16-17-26-18-24(22)28-19-20(3)5-2/h11-14,16-18,20H,4-10,15,19H2,1-3H3. The monoisotopic (exact) mass is 397 g/mol. The van der Waals surface area contributed by atoms with Gasteiger partial charge in [-0.05, 0) is 24.5 Å². The van der Waals surface area contributed by atoms with Gasteiger partial charge in [-0.25, -0.2) is 0 Å². The first-order valence-corrected chi connectivity index (χ1v) is 11.0. The fraction of sp³-hybridized carbons (Fsp3) is 0.520. The normalized spacial score (nSPS) is 11.8. The first-order valence-electron chi connectivity index (χ1n) is 11.0. The smallest absolute Gasteiger partial charge is 0.311 e. The number of benzene rings is 1. The Labute approximate surface area is 175 Å². The van der Waals surface area contributed by atoms with Crippen molar-refractivity contribution in [1.82, 2.24) is 4.98 Å². The highest BCUT2D eigenvalue weighted by Gasteiger charge is 2.15. The maximum atomic E-state index is 12.4. The minimum absolute atomic E-state index is 0.177. The predicted molar refractivity (Wildman–Crippen MR) is 118 cm³/mol. The van der Waals surface area contributed by atoms with Crippen LogP contribution in [0.5, 0.6) is 11.5 Å². The van der Waals surface area contributed by atoms with Gasteiger partial charge in [0.25, 0.3) is 0 Å². The molecule has 0 bridgehead atoms. The van der Waals surface area contributed by atoms with Gasteiger partial charge in [0.1, 0.15) is 11.5 Å². The first kappa shape index (κ1) is 22.9. The summed E-state index contributed by atoms with van der Waals surface area (Å²) in [7, 11) is 0. The molecule has 2 aromatic rings. The van der Waals surface area contributed by atoms with Crippen molar-refractivity contribution in [3.63, 3.8) is 0 Å². The van der Waals surface area contributed by atoms with Gasteiger partial charge in [0, 0.05) is 23.7 Å². The van der Waals surface area contributed by atoms with Gasteiger partial charge in [-0.3, -0.25) is 9.78 Å². The summed E-state index contributed by atoms with van der Waals surface area (Å²) < 4.78 is 11.7. The average molecular weight is 398 g/mol. The molecule has 0 aliphatic rings. The van der Waals surface area contributed by atoms with E-state index in [1.807, 2.05) is 30.3 Å². The summed E-state index contributed by atoms with van der Waals surface area (Å²) >= 11 is 0. The van der Waals surface area contributed by atoms with Crippen molar-refractivity contribution in [1.29, 1.82) is 0 Å². The molecule has 4 heteroatoms. The van der Waals surface area contributed by atoms with E-state index in [4.69, 9.17) is 9.47 Å². The molecule has 0 radical (unpaired) electrons. The van der Waals surface area contributed by atoms with Crippen LogP contribution in [0.15, 0.2) is 42.7 Å². The molecule has 0 aliphatic carbocycles. The second kappa shape index (κ2) is 13.0. The molecule has 1 unspecified atom stereocenters. The Morgan fingerprint density at radius 2 is 1.69 bits per heavy atom. The largest absolute Gasteiger partial charge is 0.491 e. The Balaban J connectivity index is 2.03. The SMILES string of the molecule is CCCCCCCCC(=O)Oc1ccccc1-c1ccncc1OCC(C)CC. The van der Waals surface area contributed by atoms with E-state index in [0.29, 0.717) is 30.4 Å². The number of hydrogen-bond donors (Lipinski definition) is 0. The van der Waals surface area contributed by atoms with E-state index >= 15 is 0 Å². The van der Waals surface area contributed by atoms with Crippen LogP contribution in [-0.2, 0) is 4.79 Å². The van der Waals surface area contributed by atoms with Crippen molar-refractivity contribution >= 4 is 5.97 Å². The Morgan fingerprint density at radius 1 is 0.966 bits per heavy atom. The van der Waals surface area contributed by atoms with Crippen molar-refractivity contribution in [2.45, 2.75) is 72.1 Å². The Morgan fingerprint density at radius 3 is 2.48 bits per heavy atom. The lowest BCUT2D eigenvalue weighted by Crippen LogP contribution is -2.09. The van der Waals surface area contributed by atoms with Crippen LogP contribution in [0.2, 0.25) is 0 Å². The van der Waals surface area contributed by atoms with Crippen LogP contribution in [0.1, 0.15) is 72.1 Å². The molecule has 1 atom stereocenters.